The summed E-state index contributed by atoms with van der Waals surface area (Å²) in [6.45, 7) is 1.06. The Balaban J connectivity index is 1.51. The van der Waals surface area contributed by atoms with E-state index in [1.165, 1.54) is 34.3 Å². The highest BCUT2D eigenvalue weighted by Crippen LogP contribution is 2.19. The third-order valence-electron chi connectivity index (χ3n) is 4.08. The number of piperazine rings is 1. The number of thioether (sulfide) groups is 1. The molecule has 0 N–H and O–H groups in total. The molecule has 26 heavy (non-hydrogen) atoms. The summed E-state index contributed by atoms with van der Waals surface area (Å²) in [4.78, 5) is 13.9. The van der Waals surface area contributed by atoms with E-state index in [2.05, 4.69) is 0 Å². The smallest absolute Gasteiger partial charge is 0.243 e. The van der Waals surface area contributed by atoms with Crippen LogP contribution in [-0.4, -0.2) is 55.5 Å². The first-order valence-electron chi connectivity index (χ1n) is 8.10. The van der Waals surface area contributed by atoms with Crippen LogP contribution in [0.3, 0.4) is 0 Å². The van der Waals surface area contributed by atoms with Crippen LogP contribution in [0.15, 0.2) is 52.0 Å². The molecule has 6 nitrogen and oxygen atoms in total. The van der Waals surface area contributed by atoms with Crippen LogP contribution in [0.5, 0.6) is 0 Å². The second-order valence-electron chi connectivity index (χ2n) is 5.81. The molecule has 0 radical (unpaired) electrons. The highest BCUT2D eigenvalue weighted by molar-refractivity contribution is 7.99. The van der Waals surface area contributed by atoms with Crippen molar-refractivity contribution in [1.82, 2.24) is 9.21 Å². The number of carbonyl (C=O) groups excluding carboxylic acids is 1. The van der Waals surface area contributed by atoms with Gasteiger partial charge in [0.25, 0.3) is 0 Å². The molecule has 9 heteroatoms. The number of carbonyl (C=O) groups is 1. The molecule has 1 aliphatic rings. The number of hydrogen-bond acceptors (Lipinski definition) is 5. The van der Waals surface area contributed by atoms with Crippen LogP contribution in [0.4, 0.5) is 4.39 Å². The fraction of sp³-hybridized carbons (Fsp3) is 0.353. The van der Waals surface area contributed by atoms with Gasteiger partial charge in [-0.15, -0.1) is 11.8 Å². The van der Waals surface area contributed by atoms with Crippen LogP contribution in [0.25, 0.3) is 0 Å². The molecule has 1 aromatic heterocycles. The number of rotatable bonds is 6. The summed E-state index contributed by atoms with van der Waals surface area (Å²) in [5, 5.41) is 0. The molecule has 1 aromatic carbocycles. The molecule has 2 aromatic rings. The van der Waals surface area contributed by atoms with Crippen LogP contribution in [-0.2, 0) is 20.6 Å². The number of nitrogens with zero attached hydrogens (tertiary/aromatic N) is 2. The van der Waals surface area contributed by atoms with Crippen LogP contribution in [0.1, 0.15) is 5.76 Å². The van der Waals surface area contributed by atoms with E-state index >= 15 is 0 Å². The van der Waals surface area contributed by atoms with E-state index in [1.54, 1.807) is 17.2 Å². The second-order valence-corrected chi connectivity index (χ2v) is 8.74. The topological polar surface area (TPSA) is 70.8 Å². The molecule has 0 spiro atoms. The van der Waals surface area contributed by atoms with Crippen molar-refractivity contribution < 1.29 is 22.0 Å². The maximum absolute atomic E-state index is 13.3. The molecule has 0 atom stereocenters. The van der Waals surface area contributed by atoms with Crippen molar-refractivity contribution >= 4 is 27.7 Å². The Kier molecular flexibility index (Phi) is 6.00. The van der Waals surface area contributed by atoms with Gasteiger partial charge in [-0.05, 0) is 30.3 Å². The van der Waals surface area contributed by atoms with Gasteiger partial charge in [0, 0.05) is 26.2 Å². The third-order valence-corrected chi connectivity index (χ3v) is 6.91. The van der Waals surface area contributed by atoms with E-state index in [1.807, 2.05) is 6.07 Å². The Bertz CT molecular complexity index is 847. The molecule has 2 heterocycles. The highest BCUT2D eigenvalue weighted by Gasteiger charge is 2.30. The minimum Gasteiger partial charge on any atom is -0.468 e. The molecule has 3 rings (SSSR count). The van der Waals surface area contributed by atoms with Crippen molar-refractivity contribution in [2.75, 3.05) is 31.9 Å². The van der Waals surface area contributed by atoms with Crippen molar-refractivity contribution in [3.63, 3.8) is 0 Å². The molecular formula is C17H19FN2O4S2. The summed E-state index contributed by atoms with van der Waals surface area (Å²) in [6, 6.07) is 8.62. The fourth-order valence-corrected chi connectivity index (χ4v) is 4.96. The number of amides is 1. The van der Waals surface area contributed by atoms with E-state index in [0.29, 0.717) is 24.6 Å². The van der Waals surface area contributed by atoms with E-state index in [0.717, 1.165) is 11.8 Å². The Morgan fingerprint density at radius 1 is 1.15 bits per heavy atom. The fourth-order valence-electron chi connectivity index (χ4n) is 2.68. The van der Waals surface area contributed by atoms with Crippen LogP contribution in [0, 0.1) is 5.82 Å². The maximum atomic E-state index is 13.3. The predicted octanol–water partition coefficient (Wildman–Crippen LogP) is 2.19. The molecule has 140 valence electrons. The molecule has 0 bridgehead atoms. The SMILES string of the molecule is O=C(CSCc1ccco1)N1CCN(S(=O)(=O)c2cccc(F)c2)CC1. The van der Waals surface area contributed by atoms with Gasteiger partial charge in [0.2, 0.25) is 15.9 Å². The number of benzene rings is 1. The Hall–Kier alpha value is -1.84. The molecular weight excluding hydrogens is 379 g/mol. The Morgan fingerprint density at radius 3 is 2.58 bits per heavy atom. The minimum atomic E-state index is -3.74. The van der Waals surface area contributed by atoms with E-state index in [4.69, 9.17) is 4.42 Å². The van der Waals surface area contributed by atoms with Gasteiger partial charge in [-0.1, -0.05) is 6.07 Å². The monoisotopic (exact) mass is 398 g/mol. The molecule has 1 saturated heterocycles. The minimum absolute atomic E-state index is 0.0237. The zero-order chi connectivity index (χ0) is 18.6. The van der Waals surface area contributed by atoms with Crippen molar-refractivity contribution in [2.24, 2.45) is 0 Å². The van der Waals surface area contributed by atoms with Crippen molar-refractivity contribution in [2.45, 2.75) is 10.6 Å². The lowest BCUT2D eigenvalue weighted by molar-refractivity contribution is -0.129. The van der Waals surface area contributed by atoms with Crippen molar-refractivity contribution in [3.8, 4) is 0 Å². The number of halogens is 1. The first-order valence-corrected chi connectivity index (χ1v) is 10.7. The largest absolute Gasteiger partial charge is 0.468 e. The number of sulfonamides is 1. The summed E-state index contributed by atoms with van der Waals surface area (Å²) in [5.74, 6) is 1.14. The maximum Gasteiger partial charge on any atom is 0.243 e. The lowest BCUT2D eigenvalue weighted by atomic mass is 10.3. The number of furan rings is 1. The molecule has 0 unspecified atom stereocenters. The second kappa shape index (κ2) is 8.24. The lowest BCUT2D eigenvalue weighted by Crippen LogP contribution is -2.51. The summed E-state index contributed by atoms with van der Waals surface area (Å²) in [6.07, 6.45) is 1.59. The third kappa shape index (κ3) is 4.46. The van der Waals surface area contributed by atoms with Gasteiger partial charge >= 0.3 is 0 Å². The number of hydrogen-bond donors (Lipinski definition) is 0. The first kappa shape index (κ1) is 18.9. The average Bonchev–Trinajstić information content (AvgIpc) is 3.15. The zero-order valence-corrected chi connectivity index (χ0v) is 15.6. The normalized spacial score (nSPS) is 16.0. The van der Waals surface area contributed by atoms with Gasteiger partial charge < -0.3 is 9.32 Å². The van der Waals surface area contributed by atoms with Crippen LogP contribution >= 0.6 is 11.8 Å². The first-order chi connectivity index (χ1) is 12.5. The summed E-state index contributed by atoms with van der Waals surface area (Å²) >= 11 is 1.46. The molecule has 1 fully saturated rings. The summed E-state index contributed by atoms with van der Waals surface area (Å²) < 4.78 is 44.9. The van der Waals surface area contributed by atoms with Gasteiger partial charge in [0.15, 0.2) is 0 Å². The van der Waals surface area contributed by atoms with E-state index in [9.17, 15) is 17.6 Å². The lowest BCUT2D eigenvalue weighted by Gasteiger charge is -2.34. The van der Waals surface area contributed by atoms with Gasteiger partial charge in [-0.2, -0.15) is 4.31 Å². The molecule has 1 aliphatic heterocycles. The van der Waals surface area contributed by atoms with Gasteiger partial charge in [0.05, 0.1) is 22.7 Å². The van der Waals surface area contributed by atoms with E-state index < -0.39 is 15.8 Å². The summed E-state index contributed by atoms with van der Waals surface area (Å²) in [5.41, 5.74) is 0. The quantitative estimate of drug-likeness (QED) is 0.746. The standard InChI is InChI=1S/C17H19FN2O4S2/c18-14-3-1-5-16(11-14)26(22,23)20-8-6-19(7-9-20)17(21)13-25-12-15-4-2-10-24-15/h1-5,10-11H,6-9,12-13H2. The van der Waals surface area contributed by atoms with Gasteiger partial charge in [0.1, 0.15) is 11.6 Å². The van der Waals surface area contributed by atoms with Crippen molar-refractivity contribution in [1.29, 1.82) is 0 Å². The van der Waals surface area contributed by atoms with Crippen LogP contribution < -0.4 is 0 Å². The zero-order valence-electron chi connectivity index (χ0n) is 14.0. The van der Waals surface area contributed by atoms with E-state index in [-0.39, 0.29) is 23.9 Å². The summed E-state index contributed by atoms with van der Waals surface area (Å²) in [7, 11) is -3.74. The Labute approximate surface area is 156 Å². The van der Waals surface area contributed by atoms with Gasteiger partial charge in [-0.3, -0.25) is 4.79 Å². The van der Waals surface area contributed by atoms with Crippen molar-refractivity contribution in [3.05, 3.63) is 54.2 Å². The van der Waals surface area contributed by atoms with Gasteiger partial charge in [-0.25, -0.2) is 12.8 Å². The van der Waals surface area contributed by atoms with Crippen LogP contribution in [0.2, 0.25) is 0 Å². The molecule has 1 amide bonds. The Morgan fingerprint density at radius 2 is 1.92 bits per heavy atom. The molecule has 0 saturated carbocycles. The highest BCUT2D eigenvalue weighted by atomic mass is 32.2. The molecule has 0 aliphatic carbocycles. The average molecular weight is 398 g/mol. The predicted molar refractivity (Wildman–Crippen MR) is 96.6 cm³/mol.